The van der Waals surface area contributed by atoms with Gasteiger partial charge in [-0.15, -0.1) is 0 Å². The number of carbonyl (C=O) groups excluding carboxylic acids is 1. The fraction of sp³-hybridized carbons (Fsp3) is 0.167. The summed E-state index contributed by atoms with van der Waals surface area (Å²) in [4.78, 5) is 12.1. The van der Waals surface area contributed by atoms with E-state index in [0.717, 1.165) is 5.69 Å². The largest absolute Gasteiger partial charge is 0.495 e. The number of H-pyrrole nitrogens is 1. The van der Waals surface area contributed by atoms with Gasteiger partial charge in [0.15, 0.2) is 17.2 Å². The molecule has 0 radical (unpaired) electrons. The number of amides is 1. The summed E-state index contributed by atoms with van der Waals surface area (Å²) in [5.41, 5.74) is 0.720. The Kier molecular flexibility index (Phi) is 6.56. The fourth-order valence-corrected chi connectivity index (χ4v) is 3.19. The van der Waals surface area contributed by atoms with Crippen LogP contribution < -0.4 is 14.8 Å². The smallest absolute Gasteiger partial charge is 0.258 e. The average molecular weight is 439 g/mol. The highest BCUT2D eigenvalue weighted by atomic mass is 35.5. The van der Waals surface area contributed by atoms with E-state index in [1.54, 1.807) is 29.9 Å². The van der Waals surface area contributed by atoms with E-state index < -0.39 is 0 Å². The molecule has 0 atom stereocenters. The summed E-state index contributed by atoms with van der Waals surface area (Å²) < 4.78 is 12.9. The summed E-state index contributed by atoms with van der Waals surface area (Å²) in [5.74, 6) is 1.19. The van der Waals surface area contributed by atoms with Gasteiger partial charge in [-0.1, -0.05) is 35.3 Å². The van der Waals surface area contributed by atoms with Gasteiger partial charge in [-0.05, 0) is 42.5 Å². The Labute approximate surface area is 176 Å². The Balaban J connectivity index is 1.67. The number of halogens is 2. The van der Waals surface area contributed by atoms with Crippen LogP contribution in [-0.4, -0.2) is 34.4 Å². The normalized spacial score (nSPS) is 10.5. The molecule has 146 valence electrons. The first-order chi connectivity index (χ1) is 13.5. The van der Waals surface area contributed by atoms with E-state index in [2.05, 4.69) is 15.5 Å². The van der Waals surface area contributed by atoms with E-state index in [-0.39, 0.29) is 19.1 Å². The number of methoxy groups -OCH3 is 1. The van der Waals surface area contributed by atoms with Gasteiger partial charge < -0.3 is 14.8 Å². The lowest BCUT2D eigenvalue weighted by Gasteiger charge is -2.12. The minimum Gasteiger partial charge on any atom is -0.495 e. The van der Waals surface area contributed by atoms with Crippen LogP contribution in [0.5, 0.6) is 11.5 Å². The second kappa shape index (κ2) is 9.09. The van der Waals surface area contributed by atoms with Crippen molar-refractivity contribution < 1.29 is 14.3 Å². The third kappa shape index (κ3) is 4.64. The molecule has 28 heavy (non-hydrogen) atoms. The third-order valence-corrected chi connectivity index (χ3v) is 4.57. The van der Waals surface area contributed by atoms with Crippen LogP contribution in [0.25, 0.3) is 5.69 Å². The van der Waals surface area contributed by atoms with Gasteiger partial charge in [0.2, 0.25) is 0 Å². The van der Waals surface area contributed by atoms with Crippen LogP contribution in [0.2, 0.25) is 10.0 Å². The Hall–Kier alpha value is -2.55. The molecule has 0 fully saturated rings. The molecule has 2 aromatic carbocycles. The molecule has 0 unspecified atom stereocenters. The Morgan fingerprint density at radius 3 is 2.79 bits per heavy atom. The van der Waals surface area contributed by atoms with Gasteiger partial charge in [0, 0.05) is 5.02 Å². The summed E-state index contributed by atoms with van der Waals surface area (Å²) in [6, 6.07) is 12.2. The maximum absolute atomic E-state index is 12.1. The Morgan fingerprint density at radius 2 is 2.04 bits per heavy atom. The molecule has 1 amide bonds. The molecule has 0 saturated heterocycles. The first-order valence-corrected chi connectivity index (χ1v) is 9.30. The van der Waals surface area contributed by atoms with Crippen molar-refractivity contribution in [2.75, 3.05) is 13.7 Å². The topological polar surface area (TPSA) is 81.2 Å². The predicted molar refractivity (Wildman–Crippen MR) is 109 cm³/mol. The minimum atomic E-state index is -0.341. The SMILES string of the molecule is COc1ccccc1-n1c(CNC(=O)COc2ccc(Cl)cc2Cl)n[nH]c1=S. The van der Waals surface area contributed by atoms with Gasteiger partial charge in [0.1, 0.15) is 11.5 Å². The summed E-state index contributed by atoms with van der Waals surface area (Å²) in [7, 11) is 1.57. The van der Waals surface area contributed by atoms with E-state index in [0.29, 0.717) is 32.1 Å². The van der Waals surface area contributed by atoms with Gasteiger partial charge in [-0.25, -0.2) is 0 Å². The van der Waals surface area contributed by atoms with E-state index in [4.69, 9.17) is 44.9 Å². The van der Waals surface area contributed by atoms with E-state index >= 15 is 0 Å². The lowest BCUT2D eigenvalue weighted by atomic mass is 10.3. The quantitative estimate of drug-likeness (QED) is 0.545. The number of rotatable bonds is 7. The molecule has 0 saturated carbocycles. The number of hydrogen-bond acceptors (Lipinski definition) is 5. The molecule has 0 aliphatic rings. The van der Waals surface area contributed by atoms with Gasteiger partial charge >= 0.3 is 0 Å². The van der Waals surface area contributed by atoms with Gasteiger partial charge in [0.05, 0.1) is 24.4 Å². The number of para-hydroxylation sites is 2. The molecule has 0 bridgehead atoms. The molecule has 1 aromatic heterocycles. The van der Waals surface area contributed by atoms with E-state index in [1.165, 1.54) is 0 Å². The maximum Gasteiger partial charge on any atom is 0.258 e. The van der Waals surface area contributed by atoms with Crippen molar-refractivity contribution >= 4 is 41.3 Å². The van der Waals surface area contributed by atoms with E-state index in [9.17, 15) is 4.79 Å². The van der Waals surface area contributed by atoms with Gasteiger partial charge in [-0.3, -0.25) is 14.5 Å². The van der Waals surface area contributed by atoms with Gasteiger partial charge in [0.25, 0.3) is 5.91 Å². The molecule has 0 spiro atoms. The average Bonchev–Trinajstić information content (AvgIpc) is 3.05. The molecule has 0 aliphatic heterocycles. The summed E-state index contributed by atoms with van der Waals surface area (Å²) >= 11 is 17.2. The number of nitrogens with one attached hydrogen (secondary N) is 2. The number of ether oxygens (including phenoxy) is 2. The number of nitrogens with zero attached hydrogens (tertiary/aromatic N) is 2. The number of benzene rings is 2. The third-order valence-electron chi connectivity index (χ3n) is 3.76. The Morgan fingerprint density at radius 1 is 1.25 bits per heavy atom. The van der Waals surface area contributed by atoms with Crippen molar-refractivity contribution in [3.63, 3.8) is 0 Å². The highest BCUT2D eigenvalue weighted by molar-refractivity contribution is 7.71. The summed E-state index contributed by atoms with van der Waals surface area (Å²) in [5, 5.41) is 10.5. The van der Waals surface area contributed by atoms with Crippen molar-refractivity contribution in [2.45, 2.75) is 6.54 Å². The molecular formula is C18H16Cl2N4O3S. The minimum absolute atomic E-state index is 0.141. The molecule has 0 aliphatic carbocycles. The molecule has 10 heteroatoms. The number of aromatic amines is 1. The first kappa shape index (κ1) is 20.2. The van der Waals surface area contributed by atoms with Crippen LogP contribution in [0.3, 0.4) is 0 Å². The molecule has 3 rings (SSSR count). The van der Waals surface area contributed by atoms with Crippen LogP contribution in [0.15, 0.2) is 42.5 Å². The monoisotopic (exact) mass is 438 g/mol. The molecule has 2 N–H and O–H groups in total. The predicted octanol–water partition coefficient (Wildman–Crippen LogP) is 3.94. The zero-order valence-corrected chi connectivity index (χ0v) is 17.1. The number of aromatic nitrogens is 3. The number of hydrogen-bond donors (Lipinski definition) is 2. The zero-order chi connectivity index (χ0) is 20.1. The molecule has 7 nitrogen and oxygen atoms in total. The van der Waals surface area contributed by atoms with Crippen molar-refractivity contribution in [2.24, 2.45) is 0 Å². The van der Waals surface area contributed by atoms with Crippen LogP contribution in [0.1, 0.15) is 5.82 Å². The summed E-state index contributed by atoms with van der Waals surface area (Å²) in [6.07, 6.45) is 0. The molecular weight excluding hydrogens is 423 g/mol. The van der Waals surface area contributed by atoms with Crippen molar-refractivity contribution in [3.05, 3.63) is 63.1 Å². The lowest BCUT2D eigenvalue weighted by molar-refractivity contribution is -0.123. The van der Waals surface area contributed by atoms with Crippen LogP contribution in [-0.2, 0) is 11.3 Å². The highest BCUT2D eigenvalue weighted by Gasteiger charge is 2.14. The number of carbonyl (C=O) groups is 1. The lowest BCUT2D eigenvalue weighted by Crippen LogP contribution is -2.29. The van der Waals surface area contributed by atoms with Crippen LogP contribution in [0.4, 0.5) is 0 Å². The Bertz CT molecular complexity index is 1050. The maximum atomic E-state index is 12.1. The van der Waals surface area contributed by atoms with Crippen molar-refractivity contribution in [1.82, 2.24) is 20.1 Å². The van der Waals surface area contributed by atoms with Crippen molar-refractivity contribution in [3.8, 4) is 17.2 Å². The van der Waals surface area contributed by atoms with E-state index in [1.807, 2.05) is 24.3 Å². The van der Waals surface area contributed by atoms with Gasteiger partial charge in [-0.2, -0.15) is 5.10 Å². The first-order valence-electron chi connectivity index (χ1n) is 8.14. The van der Waals surface area contributed by atoms with Crippen molar-refractivity contribution in [1.29, 1.82) is 0 Å². The molecule has 3 aromatic rings. The molecule has 1 heterocycles. The standard InChI is InChI=1S/C18H16Cl2N4O3S/c1-26-15-5-3-2-4-13(15)24-16(22-23-18(24)28)9-21-17(25)10-27-14-7-6-11(19)8-12(14)20/h2-8H,9-10H2,1H3,(H,21,25)(H,23,28). The highest BCUT2D eigenvalue weighted by Crippen LogP contribution is 2.27. The zero-order valence-electron chi connectivity index (χ0n) is 14.7. The summed E-state index contributed by atoms with van der Waals surface area (Å²) in [6.45, 7) is -0.0666. The van der Waals surface area contributed by atoms with Crippen LogP contribution >= 0.6 is 35.4 Å². The second-order valence-electron chi connectivity index (χ2n) is 5.59. The fourth-order valence-electron chi connectivity index (χ4n) is 2.48. The van der Waals surface area contributed by atoms with Crippen LogP contribution in [0, 0.1) is 4.77 Å². The second-order valence-corrected chi connectivity index (χ2v) is 6.82.